The molecule has 2 fully saturated rings. The van der Waals surface area contributed by atoms with Crippen molar-refractivity contribution in [1.29, 1.82) is 0 Å². The van der Waals surface area contributed by atoms with Crippen molar-refractivity contribution < 1.29 is 43.0 Å². The third-order valence-electron chi connectivity index (χ3n) is 10.1. The molecule has 0 aromatic heterocycles. The predicted molar refractivity (Wildman–Crippen MR) is 204 cm³/mol. The highest BCUT2D eigenvalue weighted by molar-refractivity contribution is 7.98. The number of likely N-dealkylation sites (N-methyl/N-ethyl adjacent to an activating group) is 1. The van der Waals surface area contributed by atoms with Gasteiger partial charge in [-0.15, -0.1) is 0 Å². The zero-order chi connectivity index (χ0) is 39.8. The molecule has 1 aromatic rings. The minimum atomic E-state index is -0.889. The number of hydrogen-bond acceptors (Lipinski definition) is 11. The van der Waals surface area contributed by atoms with E-state index >= 15 is 0 Å². The summed E-state index contributed by atoms with van der Waals surface area (Å²) in [6.07, 6.45) is 3.52. The monoisotopic (exact) mass is 777 g/mol. The second-order valence-electron chi connectivity index (χ2n) is 13.9. The molecule has 6 amide bonds. The molecule has 5 N–H and O–H groups in total. The highest BCUT2D eigenvalue weighted by Gasteiger charge is 2.42. The predicted octanol–water partition coefficient (Wildman–Crippen LogP) is 0.936. The first-order chi connectivity index (χ1) is 25.9. The first kappa shape index (κ1) is 44.5. The van der Waals surface area contributed by atoms with Gasteiger partial charge in [0.05, 0.1) is 43.2 Å². The fourth-order valence-electron chi connectivity index (χ4n) is 6.77. The van der Waals surface area contributed by atoms with E-state index in [0.717, 1.165) is 31.2 Å². The second kappa shape index (κ2) is 22.4. The summed E-state index contributed by atoms with van der Waals surface area (Å²) in [5.41, 5.74) is 5.75. The Bertz CT molecular complexity index is 1400. The molecule has 7 atom stereocenters. The summed E-state index contributed by atoms with van der Waals surface area (Å²) in [7, 11) is 6.27. The number of rotatable bonds is 24. The number of carbonyl (C=O) groups excluding carboxylic acids is 6. The number of nitrogens with one attached hydrogen (secondary N) is 5. The van der Waals surface area contributed by atoms with Crippen LogP contribution in [-0.4, -0.2) is 129 Å². The first-order valence-electron chi connectivity index (χ1n) is 18.6. The lowest BCUT2D eigenvalue weighted by molar-refractivity contribution is -0.145. The highest BCUT2D eigenvalue weighted by atomic mass is 32.2. The zero-order valence-corrected chi connectivity index (χ0v) is 33.4. The van der Waals surface area contributed by atoms with E-state index < -0.39 is 36.3 Å². The molecular weight excluding hydrogens is 719 g/mol. The van der Waals surface area contributed by atoms with Crippen molar-refractivity contribution in [3.8, 4) is 5.75 Å². The number of amides is 6. The SMILES string of the molecule is CCC(C)[C@@H](C(CC(=O)N1CCC[C@H]1[C@H](OC)C(C)C(=O)NC(Cc1ccc(OCC(=O)NNC)cc1)C(=O)NSC1CC1)OC)N(C)C(=O)CNC=O. The van der Waals surface area contributed by atoms with Crippen molar-refractivity contribution in [1.82, 2.24) is 36.0 Å². The van der Waals surface area contributed by atoms with Gasteiger partial charge < -0.3 is 34.6 Å². The van der Waals surface area contributed by atoms with Gasteiger partial charge in [0.2, 0.25) is 24.1 Å². The highest BCUT2D eigenvalue weighted by Crippen LogP contribution is 2.32. The largest absolute Gasteiger partial charge is 0.484 e. The van der Waals surface area contributed by atoms with E-state index in [1.165, 1.54) is 26.2 Å². The minimum absolute atomic E-state index is 0.00558. The Labute approximate surface area is 323 Å². The molecule has 3 rings (SSSR count). The van der Waals surface area contributed by atoms with Gasteiger partial charge in [0.15, 0.2) is 6.61 Å². The molecule has 0 spiro atoms. The molecule has 0 radical (unpaired) electrons. The fourth-order valence-corrected chi connectivity index (χ4v) is 7.57. The minimum Gasteiger partial charge on any atom is -0.484 e. The topological polar surface area (TPSA) is 197 Å². The van der Waals surface area contributed by atoms with Crippen LogP contribution < -0.4 is 30.9 Å². The molecule has 1 aliphatic carbocycles. The van der Waals surface area contributed by atoms with Crippen LogP contribution >= 0.6 is 11.9 Å². The Morgan fingerprint density at radius 1 is 1.04 bits per heavy atom. The van der Waals surface area contributed by atoms with Crippen LogP contribution in [0.4, 0.5) is 0 Å². The van der Waals surface area contributed by atoms with Crippen LogP contribution in [0.1, 0.15) is 64.9 Å². The second-order valence-corrected chi connectivity index (χ2v) is 15.0. The lowest BCUT2D eigenvalue weighted by Gasteiger charge is -2.39. The maximum atomic E-state index is 14.0. The molecule has 4 unspecified atom stereocenters. The summed E-state index contributed by atoms with van der Waals surface area (Å²) < 4.78 is 20.2. The van der Waals surface area contributed by atoms with Gasteiger partial charge in [0, 0.05) is 46.5 Å². The summed E-state index contributed by atoms with van der Waals surface area (Å²) in [6, 6.07) is 5.25. The molecule has 16 nitrogen and oxygen atoms in total. The number of hydrogen-bond donors (Lipinski definition) is 5. The molecule has 302 valence electrons. The zero-order valence-electron chi connectivity index (χ0n) is 32.6. The van der Waals surface area contributed by atoms with E-state index in [-0.39, 0.29) is 61.4 Å². The van der Waals surface area contributed by atoms with Crippen LogP contribution in [0.2, 0.25) is 0 Å². The van der Waals surface area contributed by atoms with Crippen LogP contribution in [0.15, 0.2) is 24.3 Å². The average Bonchev–Trinajstić information content (AvgIpc) is 3.88. The number of ether oxygens (including phenoxy) is 3. The standard InChI is InChI=1S/C37H59N7O9S/c1-8-23(2)34(43(5)33(48)20-39-22-45)30(51-6)19-32(47)44-17-9-10-29(44)35(52-7)24(3)36(49)40-28(37(50)42-54-27-15-16-27)18-25-11-13-26(14-12-25)53-21-31(46)41-38-4/h11-14,22-24,27-30,34-35,38H,8-10,15-21H2,1-7H3,(H,39,45)(H,40,49)(H,41,46)(H,42,50)/t23?,24?,28?,29-,30?,34-,35+/m0/s1. The maximum Gasteiger partial charge on any atom is 0.271 e. The number of methoxy groups -OCH3 is 2. The third-order valence-corrected chi connectivity index (χ3v) is 11.2. The molecule has 1 saturated carbocycles. The van der Waals surface area contributed by atoms with E-state index in [1.54, 1.807) is 55.1 Å². The Morgan fingerprint density at radius 3 is 2.33 bits per heavy atom. The van der Waals surface area contributed by atoms with E-state index in [0.29, 0.717) is 30.4 Å². The van der Waals surface area contributed by atoms with Gasteiger partial charge in [-0.1, -0.05) is 39.3 Å². The molecule has 1 saturated heterocycles. The summed E-state index contributed by atoms with van der Waals surface area (Å²) >= 11 is 1.36. The number of likely N-dealkylation sites (tertiary alicyclic amines) is 1. The van der Waals surface area contributed by atoms with Crippen LogP contribution in [0.5, 0.6) is 5.75 Å². The van der Waals surface area contributed by atoms with Crippen molar-refractivity contribution >= 4 is 47.9 Å². The molecule has 1 aromatic carbocycles. The van der Waals surface area contributed by atoms with Crippen molar-refractivity contribution in [3.63, 3.8) is 0 Å². The normalized spacial score (nSPS) is 18.6. The number of hydrazine groups is 1. The van der Waals surface area contributed by atoms with E-state index in [1.807, 2.05) is 13.8 Å². The van der Waals surface area contributed by atoms with Gasteiger partial charge in [-0.25, -0.2) is 5.43 Å². The first-order valence-corrected chi connectivity index (χ1v) is 19.5. The summed E-state index contributed by atoms with van der Waals surface area (Å²) in [5.74, 6) is -1.77. The quantitative estimate of drug-likeness (QED) is 0.0570. The van der Waals surface area contributed by atoms with Gasteiger partial charge in [-0.2, -0.15) is 0 Å². The molecule has 1 heterocycles. The van der Waals surface area contributed by atoms with Crippen LogP contribution in [0.3, 0.4) is 0 Å². The van der Waals surface area contributed by atoms with Gasteiger partial charge in [-0.05, 0) is 61.2 Å². The average molecular weight is 778 g/mol. The summed E-state index contributed by atoms with van der Waals surface area (Å²) in [6.45, 7) is 5.87. The Morgan fingerprint density at radius 2 is 1.74 bits per heavy atom. The van der Waals surface area contributed by atoms with Crippen molar-refractivity contribution in [2.45, 2.75) is 101 Å². The Balaban J connectivity index is 1.72. The fraction of sp³-hybridized carbons (Fsp3) is 0.676. The molecule has 1 aliphatic heterocycles. The van der Waals surface area contributed by atoms with Gasteiger partial charge in [0.25, 0.3) is 11.8 Å². The summed E-state index contributed by atoms with van der Waals surface area (Å²) in [4.78, 5) is 80.0. The Hall–Kier alpha value is -3.93. The van der Waals surface area contributed by atoms with E-state index in [9.17, 15) is 28.8 Å². The maximum absolute atomic E-state index is 14.0. The van der Waals surface area contributed by atoms with Gasteiger partial charge in [0.1, 0.15) is 11.8 Å². The smallest absolute Gasteiger partial charge is 0.271 e. The molecule has 54 heavy (non-hydrogen) atoms. The van der Waals surface area contributed by atoms with Crippen LogP contribution in [-0.2, 0) is 44.7 Å². The molecule has 17 heteroatoms. The van der Waals surface area contributed by atoms with Crippen LogP contribution in [0, 0.1) is 11.8 Å². The molecule has 0 bridgehead atoms. The number of carbonyl (C=O) groups is 6. The van der Waals surface area contributed by atoms with Gasteiger partial charge >= 0.3 is 0 Å². The molecular formula is C37H59N7O9S. The van der Waals surface area contributed by atoms with Crippen molar-refractivity contribution in [2.75, 3.05) is 48.0 Å². The van der Waals surface area contributed by atoms with Crippen molar-refractivity contribution in [2.24, 2.45) is 11.8 Å². The number of benzene rings is 1. The lowest BCUT2D eigenvalue weighted by Crippen LogP contribution is -2.55. The lowest BCUT2D eigenvalue weighted by atomic mass is 9.90. The van der Waals surface area contributed by atoms with E-state index in [2.05, 4.69) is 26.2 Å². The van der Waals surface area contributed by atoms with Crippen molar-refractivity contribution in [3.05, 3.63) is 29.8 Å². The number of nitrogens with zero attached hydrogens (tertiary/aromatic N) is 2. The van der Waals surface area contributed by atoms with Gasteiger partial charge in [-0.3, -0.25) is 38.9 Å². The molecule has 2 aliphatic rings. The Kier molecular flexibility index (Phi) is 18.5. The van der Waals surface area contributed by atoms with Crippen LogP contribution in [0.25, 0.3) is 0 Å². The third kappa shape index (κ3) is 13.1. The van der Waals surface area contributed by atoms with E-state index in [4.69, 9.17) is 14.2 Å². The summed E-state index contributed by atoms with van der Waals surface area (Å²) in [5, 5.41) is 5.72.